The lowest BCUT2D eigenvalue weighted by molar-refractivity contribution is -0.0679. The van der Waals surface area contributed by atoms with Gasteiger partial charge < -0.3 is 9.64 Å². The molecule has 5 rings (SSSR count). The molecule has 2 fully saturated rings. The van der Waals surface area contributed by atoms with Crippen LogP contribution in [0.15, 0.2) is 36.7 Å². The molecule has 0 N–H and O–H groups in total. The van der Waals surface area contributed by atoms with Crippen molar-refractivity contribution in [2.45, 2.75) is 51.5 Å². The standard InChI is InChI=1S/C25H32N4O2/c1-2-3-15-31-24(30)28-13-9-25(10-14-28)17-29(18-25)22-8-6-19-16-20(5-7-21(19)22)23-26-11-4-12-27-23/h4-5,7,11-12,16,22H,2-3,6,8-10,13-15,17-18H2,1H3/t22-/m1/s1. The molecule has 0 unspecified atom stereocenters. The molecule has 0 saturated carbocycles. The minimum absolute atomic E-state index is 0.123. The normalized spacial score (nSPS) is 22.2. The zero-order chi connectivity index (χ0) is 21.3. The molecular weight excluding hydrogens is 388 g/mol. The summed E-state index contributed by atoms with van der Waals surface area (Å²) in [6.45, 7) is 6.63. The second-order valence-corrected chi connectivity index (χ2v) is 9.40. The molecule has 0 radical (unpaired) electrons. The fraction of sp³-hybridized carbons (Fsp3) is 0.560. The summed E-state index contributed by atoms with van der Waals surface area (Å²) in [5, 5.41) is 0. The third kappa shape index (κ3) is 4.05. The number of fused-ring (bicyclic) bond motifs is 1. The Bertz CT molecular complexity index is 916. The third-order valence-electron chi connectivity index (χ3n) is 7.34. The highest BCUT2D eigenvalue weighted by Crippen LogP contribution is 2.48. The van der Waals surface area contributed by atoms with Crippen molar-refractivity contribution in [2.24, 2.45) is 5.41 Å². The largest absolute Gasteiger partial charge is 0.449 e. The minimum Gasteiger partial charge on any atom is -0.449 e. The van der Waals surface area contributed by atoms with Crippen molar-refractivity contribution in [2.75, 3.05) is 32.8 Å². The predicted octanol–water partition coefficient (Wildman–Crippen LogP) is 4.47. The lowest BCUT2D eigenvalue weighted by Gasteiger charge is -2.56. The number of rotatable bonds is 5. The van der Waals surface area contributed by atoms with Crippen molar-refractivity contribution in [3.8, 4) is 11.4 Å². The number of benzene rings is 1. The summed E-state index contributed by atoms with van der Waals surface area (Å²) >= 11 is 0. The number of ether oxygens (including phenoxy) is 1. The number of piperidine rings is 1. The van der Waals surface area contributed by atoms with Gasteiger partial charge in [-0.25, -0.2) is 14.8 Å². The predicted molar refractivity (Wildman–Crippen MR) is 120 cm³/mol. The average Bonchev–Trinajstić information content (AvgIpc) is 3.21. The topological polar surface area (TPSA) is 58.6 Å². The average molecular weight is 421 g/mol. The zero-order valence-electron chi connectivity index (χ0n) is 18.4. The maximum absolute atomic E-state index is 12.2. The number of amides is 1. The van der Waals surface area contributed by atoms with Crippen LogP contribution in [0, 0.1) is 5.41 Å². The summed E-state index contributed by atoms with van der Waals surface area (Å²) in [4.78, 5) is 25.6. The summed E-state index contributed by atoms with van der Waals surface area (Å²) in [5.74, 6) is 0.802. The van der Waals surface area contributed by atoms with Gasteiger partial charge in [-0.3, -0.25) is 4.90 Å². The van der Waals surface area contributed by atoms with Crippen LogP contribution in [0.2, 0.25) is 0 Å². The van der Waals surface area contributed by atoms with E-state index in [1.807, 2.05) is 11.0 Å². The van der Waals surface area contributed by atoms with Gasteiger partial charge in [-0.05, 0) is 60.8 Å². The first-order valence-corrected chi connectivity index (χ1v) is 11.7. The van der Waals surface area contributed by atoms with E-state index in [0.29, 0.717) is 18.1 Å². The molecule has 164 valence electrons. The number of unbranched alkanes of at least 4 members (excludes halogenated alkanes) is 1. The number of aryl methyl sites for hydroxylation is 1. The monoisotopic (exact) mass is 420 g/mol. The van der Waals surface area contributed by atoms with Gasteiger partial charge in [0.05, 0.1) is 6.61 Å². The molecule has 2 aromatic rings. The second kappa shape index (κ2) is 8.58. The first-order valence-electron chi connectivity index (χ1n) is 11.7. The number of nitrogens with zero attached hydrogens (tertiary/aromatic N) is 4. The van der Waals surface area contributed by atoms with Gasteiger partial charge in [0.1, 0.15) is 0 Å². The highest BCUT2D eigenvalue weighted by Gasteiger charge is 2.48. The molecule has 1 spiro atoms. The van der Waals surface area contributed by atoms with Gasteiger partial charge in [-0.15, -0.1) is 0 Å². The number of aromatic nitrogens is 2. The molecule has 1 amide bonds. The van der Waals surface area contributed by atoms with Crippen molar-refractivity contribution >= 4 is 6.09 Å². The van der Waals surface area contributed by atoms with Gasteiger partial charge in [0.25, 0.3) is 0 Å². The van der Waals surface area contributed by atoms with E-state index in [1.54, 1.807) is 12.4 Å². The highest BCUT2D eigenvalue weighted by atomic mass is 16.6. The van der Waals surface area contributed by atoms with E-state index in [1.165, 1.54) is 17.5 Å². The van der Waals surface area contributed by atoms with Crippen LogP contribution in [0.1, 0.15) is 56.2 Å². The lowest BCUT2D eigenvalue weighted by atomic mass is 9.71. The third-order valence-corrected chi connectivity index (χ3v) is 7.34. The molecule has 6 heteroatoms. The van der Waals surface area contributed by atoms with Crippen LogP contribution in [-0.4, -0.2) is 58.6 Å². The Morgan fingerprint density at radius 2 is 1.97 bits per heavy atom. The second-order valence-electron chi connectivity index (χ2n) is 9.40. The summed E-state index contributed by atoms with van der Waals surface area (Å²) in [6.07, 6.45) is 9.98. The van der Waals surface area contributed by atoms with Gasteiger partial charge in [-0.1, -0.05) is 25.5 Å². The smallest absolute Gasteiger partial charge is 0.409 e. The van der Waals surface area contributed by atoms with Crippen molar-refractivity contribution in [3.63, 3.8) is 0 Å². The number of carbonyl (C=O) groups excluding carboxylic acids is 1. The van der Waals surface area contributed by atoms with Crippen LogP contribution in [0.25, 0.3) is 11.4 Å². The Hall–Kier alpha value is -2.47. The quantitative estimate of drug-likeness (QED) is 0.668. The first-order chi connectivity index (χ1) is 15.2. The Kier molecular flexibility index (Phi) is 5.65. The molecule has 0 bridgehead atoms. The van der Waals surface area contributed by atoms with Crippen molar-refractivity contribution in [3.05, 3.63) is 47.8 Å². The zero-order valence-corrected chi connectivity index (χ0v) is 18.4. The van der Waals surface area contributed by atoms with Crippen molar-refractivity contribution in [1.29, 1.82) is 0 Å². The number of likely N-dealkylation sites (tertiary alicyclic amines) is 2. The molecule has 3 aliphatic rings. The molecule has 1 atom stereocenters. The first kappa shape index (κ1) is 20.4. The Morgan fingerprint density at radius 3 is 2.71 bits per heavy atom. The fourth-order valence-electron chi connectivity index (χ4n) is 5.47. The number of hydrogen-bond donors (Lipinski definition) is 0. The Labute approximate surface area is 184 Å². The highest BCUT2D eigenvalue weighted by molar-refractivity contribution is 5.67. The van der Waals surface area contributed by atoms with Crippen LogP contribution in [-0.2, 0) is 11.2 Å². The van der Waals surface area contributed by atoms with E-state index in [9.17, 15) is 4.79 Å². The van der Waals surface area contributed by atoms with E-state index in [4.69, 9.17) is 4.74 Å². The van der Waals surface area contributed by atoms with Crippen LogP contribution < -0.4 is 0 Å². The van der Waals surface area contributed by atoms with Gasteiger partial charge in [0.15, 0.2) is 5.82 Å². The molecule has 1 aliphatic carbocycles. The Balaban J connectivity index is 1.16. The van der Waals surface area contributed by atoms with Gasteiger partial charge in [0, 0.05) is 50.2 Å². The number of hydrogen-bond acceptors (Lipinski definition) is 5. The maximum Gasteiger partial charge on any atom is 0.409 e. The molecule has 2 saturated heterocycles. The van der Waals surface area contributed by atoms with Crippen LogP contribution in [0.5, 0.6) is 0 Å². The minimum atomic E-state index is -0.123. The summed E-state index contributed by atoms with van der Waals surface area (Å²) in [7, 11) is 0. The summed E-state index contributed by atoms with van der Waals surface area (Å²) in [6, 6.07) is 9.13. The molecule has 2 aliphatic heterocycles. The van der Waals surface area contributed by atoms with Crippen LogP contribution >= 0.6 is 0 Å². The Morgan fingerprint density at radius 1 is 1.19 bits per heavy atom. The van der Waals surface area contributed by atoms with Crippen molar-refractivity contribution < 1.29 is 9.53 Å². The van der Waals surface area contributed by atoms with Gasteiger partial charge in [-0.2, -0.15) is 0 Å². The van der Waals surface area contributed by atoms with Crippen LogP contribution in [0.4, 0.5) is 4.79 Å². The summed E-state index contributed by atoms with van der Waals surface area (Å²) in [5.41, 5.74) is 4.42. The van der Waals surface area contributed by atoms with E-state index >= 15 is 0 Å². The van der Waals surface area contributed by atoms with E-state index in [2.05, 4.69) is 40.0 Å². The van der Waals surface area contributed by atoms with E-state index in [0.717, 1.165) is 69.7 Å². The molecule has 1 aromatic carbocycles. The molecule has 6 nitrogen and oxygen atoms in total. The van der Waals surface area contributed by atoms with Crippen LogP contribution in [0.3, 0.4) is 0 Å². The summed E-state index contributed by atoms with van der Waals surface area (Å²) < 4.78 is 5.39. The van der Waals surface area contributed by atoms with E-state index < -0.39 is 0 Å². The maximum atomic E-state index is 12.2. The number of carbonyl (C=O) groups is 1. The molecule has 3 heterocycles. The van der Waals surface area contributed by atoms with Gasteiger partial charge in [0.2, 0.25) is 0 Å². The lowest BCUT2D eigenvalue weighted by Crippen LogP contribution is -2.61. The fourth-order valence-corrected chi connectivity index (χ4v) is 5.47. The molecule has 31 heavy (non-hydrogen) atoms. The molecule has 1 aromatic heterocycles. The van der Waals surface area contributed by atoms with Gasteiger partial charge >= 0.3 is 6.09 Å². The van der Waals surface area contributed by atoms with E-state index in [-0.39, 0.29) is 6.09 Å². The SMILES string of the molecule is CCCCOC(=O)N1CCC2(CC1)CN([C@@H]1CCc3cc(-c4ncccn4)ccc31)C2. The van der Waals surface area contributed by atoms with Crippen molar-refractivity contribution in [1.82, 2.24) is 19.8 Å². The molecular formula is C25H32N4O2.